The molecule has 0 aliphatic rings. The molecule has 0 aliphatic carbocycles. The number of phosphoric ester groups is 2. The van der Waals surface area contributed by atoms with Gasteiger partial charge < -0.3 is 33.8 Å². The maximum atomic E-state index is 13.1. The van der Waals surface area contributed by atoms with Gasteiger partial charge >= 0.3 is 39.5 Å². The van der Waals surface area contributed by atoms with Crippen LogP contribution in [0.3, 0.4) is 0 Å². The van der Waals surface area contributed by atoms with Crippen molar-refractivity contribution in [2.75, 3.05) is 39.6 Å². The molecule has 19 heteroatoms. The predicted molar refractivity (Wildman–Crippen MR) is 386 cm³/mol. The largest absolute Gasteiger partial charge is 0.472 e. The number of carbonyl (C=O) groups excluding carboxylic acids is 4. The highest BCUT2D eigenvalue weighted by Crippen LogP contribution is 2.45. The summed E-state index contributed by atoms with van der Waals surface area (Å²) in [7, 11) is -9.91. The summed E-state index contributed by atoms with van der Waals surface area (Å²) in [6, 6.07) is 0. The van der Waals surface area contributed by atoms with Crippen LogP contribution in [0.4, 0.5) is 0 Å². The third-order valence-corrected chi connectivity index (χ3v) is 19.6. The standard InChI is InChI=1S/C76H148O17P2/c1-7-9-11-13-15-17-19-21-22-23-24-25-27-33-37-41-49-55-61-75(80)92-71(64-86-73(78)58-52-46-39-35-31-29-28-30-34-38-44-50-56-68(3)4)66-90-94(82,83)88-62-70(77)63-89-95(84,85)91-67-72(65-87-74(79)59-53-47-43-42-45-51-57-69(5)6)93-76(81)60-54-48-40-36-32-26-20-18-16-14-12-10-8-2/h68-72,77H,7-67H2,1-6H3,(H,82,83)(H,84,85)/t70-,71-,72-/m1/s1. The first-order valence-electron chi connectivity index (χ1n) is 39.5. The van der Waals surface area contributed by atoms with E-state index < -0.39 is 97.5 Å². The van der Waals surface area contributed by atoms with Crippen LogP contribution in [0.15, 0.2) is 0 Å². The molecule has 0 heterocycles. The molecule has 17 nitrogen and oxygen atoms in total. The summed E-state index contributed by atoms with van der Waals surface area (Å²) in [5.74, 6) is -0.655. The summed E-state index contributed by atoms with van der Waals surface area (Å²) in [5, 5.41) is 10.6. The molecule has 0 aromatic rings. The lowest BCUT2D eigenvalue weighted by Gasteiger charge is -2.21. The zero-order chi connectivity index (χ0) is 70.0. The van der Waals surface area contributed by atoms with Crippen LogP contribution >= 0.6 is 15.6 Å². The van der Waals surface area contributed by atoms with Gasteiger partial charge in [0.25, 0.3) is 0 Å². The van der Waals surface area contributed by atoms with E-state index in [1.54, 1.807) is 0 Å². The van der Waals surface area contributed by atoms with Crippen LogP contribution in [0.2, 0.25) is 0 Å². The highest BCUT2D eigenvalue weighted by Gasteiger charge is 2.30. The quantitative estimate of drug-likeness (QED) is 0.0222. The molecule has 0 amide bonds. The smallest absolute Gasteiger partial charge is 0.462 e. The lowest BCUT2D eigenvalue weighted by Crippen LogP contribution is -2.30. The molecular formula is C76H148O17P2. The lowest BCUT2D eigenvalue weighted by molar-refractivity contribution is -0.161. The number of rotatable bonds is 75. The first kappa shape index (κ1) is 93.1. The Balaban J connectivity index is 5.23. The van der Waals surface area contributed by atoms with E-state index in [-0.39, 0.29) is 25.7 Å². The Bertz CT molecular complexity index is 1840. The number of hydrogen-bond acceptors (Lipinski definition) is 15. The minimum atomic E-state index is -4.96. The van der Waals surface area contributed by atoms with Crippen molar-refractivity contribution in [1.29, 1.82) is 0 Å². The number of aliphatic hydroxyl groups excluding tert-OH is 1. The van der Waals surface area contributed by atoms with Gasteiger partial charge in [-0.25, -0.2) is 9.13 Å². The number of phosphoric acid groups is 2. The van der Waals surface area contributed by atoms with E-state index in [4.69, 9.17) is 37.0 Å². The Morgan fingerprint density at radius 1 is 0.284 bits per heavy atom. The highest BCUT2D eigenvalue weighted by molar-refractivity contribution is 7.47. The second kappa shape index (κ2) is 67.9. The summed E-state index contributed by atoms with van der Waals surface area (Å²) in [4.78, 5) is 72.8. The normalized spacial score (nSPS) is 14.0. The Labute approximate surface area is 581 Å². The average molecular weight is 1400 g/mol. The van der Waals surface area contributed by atoms with Crippen LogP contribution in [-0.4, -0.2) is 96.7 Å². The molecule has 0 fully saturated rings. The number of ether oxygens (including phenoxy) is 4. The van der Waals surface area contributed by atoms with E-state index in [1.165, 1.54) is 205 Å². The van der Waals surface area contributed by atoms with Gasteiger partial charge in [-0.2, -0.15) is 0 Å². The van der Waals surface area contributed by atoms with E-state index in [9.17, 15) is 43.2 Å². The molecule has 0 saturated heterocycles. The molecule has 0 radical (unpaired) electrons. The van der Waals surface area contributed by atoms with Crippen molar-refractivity contribution < 1.29 is 80.2 Å². The zero-order valence-corrected chi connectivity index (χ0v) is 63.8. The molecule has 0 saturated carbocycles. The number of hydrogen-bond donors (Lipinski definition) is 3. The topological polar surface area (TPSA) is 237 Å². The van der Waals surface area contributed by atoms with Crippen LogP contribution in [0, 0.1) is 11.8 Å². The van der Waals surface area contributed by atoms with Gasteiger partial charge in [-0.1, -0.05) is 343 Å². The minimum absolute atomic E-state index is 0.107. The second-order valence-electron chi connectivity index (χ2n) is 28.3. The Hall–Kier alpha value is -1.94. The molecule has 0 aromatic carbocycles. The Kier molecular flexibility index (Phi) is 66.5. The van der Waals surface area contributed by atoms with Crippen LogP contribution < -0.4 is 0 Å². The van der Waals surface area contributed by atoms with Crippen molar-refractivity contribution in [1.82, 2.24) is 0 Å². The van der Waals surface area contributed by atoms with Crippen LogP contribution in [-0.2, 0) is 65.4 Å². The molecule has 0 aliphatic heterocycles. The maximum Gasteiger partial charge on any atom is 0.472 e. The van der Waals surface area contributed by atoms with E-state index in [0.717, 1.165) is 102 Å². The van der Waals surface area contributed by atoms with Gasteiger partial charge in [0.15, 0.2) is 12.2 Å². The van der Waals surface area contributed by atoms with E-state index >= 15 is 0 Å². The highest BCUT2D eigenvalue weighted by atomic mass is 31.2. The number of carbonyl (C=O) groups is 4. The minimum Gasteiger partial charge on any atom is -0.462 e. The molecule has 0 aromatic heterocycles. The molecule has 0 spiro atoms. The zero-order valence-electron chi connectivity index (χ0n) is 62.0. The van der Waals surface area contributed by atoms with Crippen molar-refractivity contribution >= 4 is 39.5 Å². The van der Waals surface area contributed by atoms with Gasteiger partial charge in [0.1, 0.15) is 19.3 Å². The molecule has 3 N–H and O–H groups in total. The van der Waals surface area contributed by atoms with Gasteiger partial charge in [0.05, 0.1) is 26.4 Å². The van der Waals surface area contributed by atoms with E-state index in [0.29, 0.717) is 31.6 Å². The molecule has 95 heavy (non-hydrogen) atoms. The fraction of sp³-hybridized carbons (Fsp3) is 0.947. The van der Waals surface area contributed by atoms with E-state index in [2.05, 4.69) is 41.5 Å². The van der Waals surface area contributed by atoms with Gasteiger partial charge in [-0.15, -0.1) is 0 Å². The molecule has 564 valence electrons. The van der Waals surface area contributed by atoms with Crippen LogP contribution in [0.1, 0.15) is 395 Å². The predicted octanol–water partition coefficient (Wildman–Crippen LogP) is 22.3. The summed E-state index contributed by atoms with van der Waals surface area (Å²) in [6.07, 6.45) is 55.6. The van der Waals surface area contributed by atoms with Crippen LogP contribution in [0.5, 0.6) is 0 Å². The van der Waals surface area contributed by atoms with Gasteiger partial charge in [0.2, 0.25) is 0 Å². The first-order valence-corrected chi connectivity index (χ1v) is 42.5. The van der Waals surface area contributed by atoms with E-state index in [1.807, 2.05) is 0 Å². The van der Waals surface area contributed by atoms with Gasteiger partial charge in [-0.05, 0) is 37.5 Å². The SMILES string of the molecule is CCCCCCCCCCCCCCCCCCCCC(=O)O[C@H](COC(=O)CCCCCCCCCCCCCCC(C)C)COP(=O)(O)OC[C@@H](O)COP(=O)(O)OC[C@@H](COC(=O)CCCCCCCCC(C)C)OC(=O)CCCCCCCCCCCCCCC. The van der Waals surface area contributed by atoms with Gasteiger partial charge in [-0.3, -0.25) is 37.3 Å². The monoisotopic (exact) mass is 1400 g/mol. The third-order valence-electron chi connectivity index (χ3n) is 17.7. The molecule has 2 unspecified atom stereocenters. The summed E-state index contributed by atoms with van der Waals surface area (Å²) >= 11 is 0. The Morgan fingerprint density at radius 3 is 0.716 bits per heavy atom. The van der Waals surface area contributed by atoms with Crippen LogP contribution in [0.25, 0.3) is 0 Å². The third kappa shape index (κ3) is 70.3. The Morgan fingerprint density at radius 2 is 0.484 bits per heavy atom. The van der Waals surface area contributed by atoms with Crippen molar-refractivity contribution in [3.05, 3.63) is 0 Å². The summed E-state index contributed by atoms with van der Waals surface area (Å²) < 4.78 is 68.5. The average Bonchev–Trinajstić information content (AvgIpc) is 1.86. The maximum absolute atomic E-state index is 13.1. The fourth-order valence-corrected chi connectivity index (χ4v) is 13.2. The van der Waals surface area contributed by atoms with Crippen molar-refractivity contribution in [3.63, 3.8) is 0 Å². The molecule has 0 rings (SSSR count). The number of aliphatic hydroxyl groups is 1. The number of esters is 4. The van der Waals surface area contributed by atoms with Crippen molar-refractivity contribution in [3.8, 4) is 0 Å². The molecular weight excluding hydrogens is 1250 g/mol. The van der Waals surface area contributed by atoms with Crippen molar-refractivity contribution in [2.24, 2.45) is 11.8 Å². The lowest BCUT2D eigenvalue weighted by atomic mass is 10.0. The molecule has 5 atom stereocenters. The summed E-state index contributed by atoms with van der Waals surface area (Å²) in [5.41, 5.74) is 0. The molecule has 0 bridgehead atoms. The summed E-state index contributed by atoms with van der Waals surface area (Å²) in [6.45, 7) is 9.53. The number of unbranched alkanes of at least 4 members (excludes halogenated alkanes) is 45. The van der Waals surface area contributed by atoms with Crippen molar-refractivity contribution in [2.45, 2.75) is 413 Å². The second-order valence-corrected chi connectivity index (χ2v) is 31.3. The first-order chi connectivity index (χ1) is 45.9. The van der Waals surface area contributed by atoms with Gasteiger partial charge in [0, 0.05) is 25.7 Å². The fourth-order valence-electron chi connectivity index (χ4n) is 11.7.